The van der Waals surface area contributed by atoms with Crippen LogP contribution in [0.5, 0.6) is 0 Å². The molecule has 0 saturated carbocycles. The number of hydrogen-bond donors (Lipinski definition) is 0. The molecule has 20 heavy (non-hydrogen) atoms. The topological polar surface area (TPSA) is 33.5 Å². The predicted molar refractivity (Wildman–Crippen MR) is 82.6 cm³/mol. The van der Waals surface area contributed by atoms with E-state index >= 15 is 0 Å². The van der Waals surface area contributed by atoms with E-state index in [2.05, 4.69) is 15.9 Å². The summed E-state index contributed by atoms with van der Waals surface area (Å²) >= 11 is 3.43. The molecule has 0 spiro atoms. The van der Waals surface area contributed by atoms with Crippen molar-refractivity contribution >= 4 is 21.8 Å². The monoisotopic (exact) mass is 335 g/mol. The summed E-state index contributed by atoms with van der Waals surface area (Å²) in [7, 11) is 0. The highest BCUT2D eigenvalue weighted by Crippen LogP contribution is 2.21. The van der Waals surface area contributed by atoms with Gasteiger partial charge in [0.1, 0.15) is 11.5 Å². The van der Waals surface area contributed by atoms with Gasteiger partial charge in [-0.05, 0) is 61.0 Å². The predicted octanol–water partition coefficient (Wildman–Crippen LogP) is 4.40. The number of nitrogens with zero attached hydrogens (tertiary/aromatic N) is 1. The van der Waals surface area contributed by atoms with Crippen molar-refractivity contribution in [3.63, 3.8) is 0 Å². The highest BCUT2D eigenvalue weighted by atomic mass is 79.9. The Labute approximate surface area is 127 Å². The molecule has 3 nitrogen and oxygen atoms in total. The van der Waals surface area contributed by atoms with Crippen LogP contribution in [0.3, 0.4) is 0 Å². The summed E-state index contributed by atoms with van der Waals surface area (Å²) in [4.78, 5) is 14.5. The fraction of sp³-hybridized carbons (Fsp3) is 0.312. The fourth-order valence-corrected chi connectivity index (χ4v) is 2.47. The SMILES string of the molecule is Cc1ccc(CN(C(=O)c2ccccc2Br)C(C)C)o1. The average molecular weight is 336 g/mol. The summed E-state index contributed by atoms with van der Waals surface area (Å²) in [6, 6.07) is 11.4. The maximum absolute atomic E-state index is 12.7. The summed E-state index contributed by atoms with van der Waals surface area (Å²) in [5.41, 5.74) is 0.671. The van der Waals surface area contributed by atoms with E-state index in [9.17, 15) is 4.79 Å². The van der Waals surface area contributed by atoms with Crippen molar-refractivity contribution in [2.45, 2.75) is 33.4 Å². The van der Waals surface area contributed by atoms with E-state index < -0.39 is 0 Å². The van der Waals surface area contributed by atoms with Crippen molar-refractivity contribution in [1.29, 1.82) is 0 Å². The van der Waals surface area contributed by atoms with Crippen LogP contribution in [0.25, 0.3) is 0 Å². The van der Waals surface area contributed by atoms with Crippen molar-refractivity contribution in [3.05, 3.63) is 58.0 Å². The molecule has 0 unspecified atom stereocenters. The van der Waals surface area contributed by atoms with E-state index in [1.165, 1.54) is 0 Å². The van der Waals surface area contributed by atoms with E-state index in [4.69, 9.17) is 4.42 Å². The minimum absolute atomic E-state index is 0.00141. The van der Waals surface area contributed by atoms with Crippen LogP contribution >= 0.6 is 15.9 Å². The number of amides is 1. The van der Waals surface area contributed by atoms with Gasteiger partial charge >= 0.3 is 0 Å². The molecule has 0 saturated heterocycles. The lowest BCUT2D eigenvalue weighted by Crippen LogP contribution is -2.36. The molecule has 0 aliphatic carbocycles. The van der Waals surface area contributed by atoms with Crippen LogP contribution in [0.1, 0.15) is 35.7 Å². The molecule has 0 aliphatic rings. The van der Waals surface area contributed by atoms with E-state index in [0.29, 0.717) is 12.1 Å². The Morgan fingerprint density at radius 2 is 1.95 bits per heavy atom. The van der Waals surface area contributed by atoms with Gasteiger partial charge in [0.2, 0.25) is 0 Å². The van der Waals surface area contributed by atoms with Crippen LogP contribution in [-0.4, -0.2) is 16.8 Å². The van der Waals surface area contributed by atoms with E-state index in [-0.39, 0.29) is 11.9 Å². The molecule has 2 aromatic rings. The quantitative estimate of drug-likeness (QED) is 0.829. The third-order valence-corrected chi connectivity index (χ3v) is 3.80. The second kappa shape index (κ2) is 6.27. The van der Waals surface area contributed by atoms with Gasteiger partial charge < -0.3 is 9.32 Å². The lowest BCUT2D eigenvalue weighted by atomic mass is 10.1. The molecule has 1 aromatic heterocycles. The zero-order chi connectivity index (χ0) is 14.7. The van der Waals surface area contributed by atoms with Crippen LogP contribution < -0.4 is 0 Å². The molecule has 1 heterocycles. The fourth-order valence-electron chi connectivity index (χ4n) is 2.02. The smallest absolute Gasteiger partial charge is 0.255 e. The first-order valence-electron chi connectivity index (χ1n) is 6.60. The Kier molecular flexibility index (Phi) is 4.65. The summed E-state index contributed by atoms with van der Waals surface area (Å²) in [5.74, 6) is 1.66. The summed E-state index contributed by atoms with van der Waals surface area (Å²) in [6.45, 7) is 6.39. The minimum Gasteiger partial charge on any atom is -0.464 e. The Morgan fingerprint density at radius 1 is 1.25 bits per heavy atom. The van der Waals surface area contributed by atoms with Gasteiger partial charge in [0.05, 0.1) is 12.1 Å². The third-order valence-electron chi connectivity index (χ3n) is 3.11. The molecule has 1 aromatic carbocycles. The lowest BCUT2D eigenvalue weighted by Gasteiger charge is -2.26. The first-order chi connectivity index (χ1) is 9.49. The van der Waals surface area contributed by atoms with Gasteiger partial charge in [-0.1, -0.05) is 12.1 Å². The van der Waals surface area contributed by atoms with Crippen LogP contribution in [0.4, 0.5) is 0 Å². The molecule has 0 atom stereocenters. The summed E-state index contributed by atoms with van der Waals surface area (Å²) in [5, 5.41) is 0. The molecule has 4 heteroatoms. The van der Waals surface area contributed by atoms with Crippen molar-refractivity contribution in [3.8, 4) is 0 Å². The van der Waals surface area contributed by atoms with Gasteiger partial charge in [-0.25, -0.2) is 0 Å². The van der Waals surface area contributed by atoms with Gasteiger partial charge in [-0.2, -0.15) is 0 Å². The molecule has 0 fully saturated rings. The van der Waals surface area contributed by atoms with Crippen molar-refractivity contribution in [1.82, 2.24) is 4.90 Å². The van der Waals surface area contributed by atoms with Crippen molar-refractivity contribution in [2.24, 2.45) is 0 Å². The van der Waals surface area contributed by atoms with Crippen LogP contribution in [-0.2, 0) is 6.54 Å². The number of furan rings is 1. The maximum atomic E-state index is 12.7. The van der Waals surface area contributed by atoms with Crippen molar-refractivity contribution < 1.29 is 9.21 Å². The maximum Gasteiger partial charge on any atom is 0.255 e. The minimum atomic E-state index is 0.00141. The lowest BCUT2D eigenvalue weighted by molar-refractivity contribution is 0.0674. The Morgan fingerprint density at radius 3 is 2.50 bits per heavy atom. The number of carbonyl (C=O) groups excluding carboxylic acids is 1. The second-order valence-corrected chi connectivity index (χ2v) is 5.87. The highest BCUT2D eigenvalue weighted by molar-refractivity contribution is 9.10. The number of benzene rings is 1. The molecular weight excluding hydrogens is 318 g/mol. The average Bonchev–Trinajstić information content (AvgIpc) is 2.81. The first-order valence-corrected chi connectivity index (χ1v) is 7.39. The summed E-state index contributed by atoms with van der Waals surface area (Å²) < 4.78 is 6.39. The Hall–Kier alpha value is -1.55. The standard InChI is InChI=1S/C16H18BrNO2/c1-11(2)18(10-13-9-8-12(3)20-13)16(19)14-6-4-5-7-15(14)17/h4-9,11H,10H2,1-3H3. The van der Waals surface area contributed by atoms with Crippen LogP contribution in [0.2, 0.25) is 0 Å². The molecule has 0 N–H and O–H groups in total. The normalized spacial score (nSPS) is 10.8. The molecule has 0 radical (unpaired) electrons. The zero-order valence-corrected chi connectivity index (χ0v) is 13.5. The second-order valence-electron chi connectivity index (χ2n) is 5.02. The first kappa shape index (κ1) is 14.9. The van der Waals surface area contributed by atoms with Crippen LogP contribution in [0, 0.1) is 6.92 Å². The largest absolute Gasteiger partial charge is 0.464 e. The molecule has 0 bridgehead atoms. The number of halogens is 1. The molecular formula is C16H18BrNO2. The number of aryl methyl sites for hydroxylation is 1. The zero-order valence-electron chi connectivity index (χ0n) is 11.9. The van der Waals surface area contributed by atoms with Gasteiger partial charge in [0, 0.05) is 10.5 Å². The van der Waals surface area contributed by atoms with Gasteiger partial charge in [-0.3, -0.25) is 4.79 Å². The van der Waals surface area contributed by atoms with E-state index in [1.54, 1.807) is 4.90 Å². The Balaban J connectivity index is 2.25. The number of hydrogen-bond acceptors (Lipinski definition) is 2. The number of rotatable bonds is 4. The molecule has 0 aliphatic heterocycles. The van der Waals surface area contributed by atoms with Crippen LogP contribution in [0.15, 0.2) is 45.3 Å². The highest BCUT2D eigenvalue weighted by Gasteiger charge is 2.21. The third kappa shape index (κ3) is 3.31. The van der Waals surface area contributed by atoms with Gasteiger partial charge in [0.15, 0.2) is 0 Å². The Bertz CT molecular complexity index is 604. The number of carbonyl (C=O) groups is 1. The van der Waals surface area contributed by atoms with Crippen molar-refractivity contribution in [2.75, 3.05) is 0 Å². The van der Waals surface area contributed by atoms with Gasteiger partial charge in [-0.15, -0.1) is 0 Å². The molecule has 2 rings (SSSR count). The van der Waals surface area contributed by atoms with E-state index in [1.807, 2.05) is 57.2 Å². The summed E-state index contributed by atoms with van der Waals surface area (Å²) in [6.07, 6.45) is 0. The van der Waals surface area contributed by atoms with E-state index in [0.717, 1.165) is 16.0 Å². The molecule has 1 amide bonds. The molecule has 106 valence electrons. The van der Waals surface area contributed by atoms with Gasteiger partial charge in [0.25, 0.3) is 5.91 Å².